The smallest absolute Gasteiger partial charge is 0.143 e. The van der Waals surface area contributed by atoms with Crippen LogP contribution in [0.5, 0.6) is 0 Å². The summed E-state index contributed by atoms with van der Waals surface area (Å²) >= 11 is 0. The van der Waals surface area contributed by atoms with Crippen molar-refractivity contribution in [1.82, 2.24) is 20.2 Å². The summed E-state index contributed by atoms with van der Waals surface area (Å²) in [5, 5.41) is 14.7. The van der Waals surface area contributed by atoms with Crippen molar-refractivity contribution in [3.05, 3.63) is 30.6 Å². The Labute approximate surface area is 114 Å². The molecule has 0 aliphatic carbocycles. The molecule has 19 heavy (non-hydrogen) atoms. The maximum atomic E-state index is 3.87. The fourth-order valence-corrected chi connectivity index (χ4v) is 2.05. The third-order valence-corrected chi connectivity index (χ3v) is 3.25. The summed E-state index contributed by atoms with van der Waals surface area (Å²) in [6.07, 6.45) is 6.49. The summed E-state index contributed by atoms with van der Waals surface area (Å²) in [5.74, 6) is 0. The van der Waals surface area contributed by atoms with Gasteiger partial charge in [-0.1, -0.05) is 26.7 Å². The Morgan fingerprint density at radius 1 is 1.21 bits per heavy atom. The van der Waals surface area contributed by atoms with E-state index >= 15 is 0 Å². The maximum absolute atomic E-state index is 3.87. The molecule has 0 fully saturated rings. The van der Waals surface area contributed by atoms with E-state index in [0.29, 0.717) is 6.04 Å². The highest BCUT2D eigenvalue weighted by atomic mass is 15.5. The average Bonchev–Trinajstić information content (AvgIpc) is 2.98. The van der Waals surface area contributed by atoms with Crippen molar-refractivity contribution in [2.75, 3.05) is 5.32 Å². The number of unbranched alkanes of at least 4 members (excludes halogenated alkanes) is 1. The molecule has 1 aromatic carbocycles. The number of hydrogen-bond acceptors (Lipinski definition) is 4. The first-order chi connectivity index (χ1) is 9.33. The van der Waals surface area contributed by atoms with Crippen LogP contribution in [0, 0.1) is 0 Å². The molecule has 0 saturated heterocycles. The van der Waals surface area contributed by atoms with E-state index in [2.05, 4.69) is 46.8 Å². The summed E-state index contributed by atoms with van der Waals surface area (Å²) in [6, 6.07) is 8.74. The molecule has 0 bridgehead atoms. The van der Waals surface area contributed by atoms with Gasteiger partial charge in [0.15, 0.2) is 0 Å². The number of benzene rings is 1. The lowest BCUT2D eigenvalue weighted by Gasteiger charge is -2.18. The standard InChI is InChI=1S/C14H21N5/c1-3-5-6-12(4-2)16-13-7-9-14(10-8-13)19-11-15-17-18-19/h7-12,16H,3-6H2,1-2H3. The van der Waals surface area contributed by atoms with E-state index in [1.54, 1.807) is 11.0 Å². The van der Waals surface area contributed by atoms with E-state index in [0.717, 1.165) is 17.8 Å². The van der Waals surface area contributed by atoms with E-state index in [1.165, 1.54) is 19.3 Å². The zero-order valence-electron chi connectivity index (χ0n) is 11.6. The van der Waals surface area contributed by atoms with Crippen molar-refractivity contribution in [3.8, 4) is 5.69 Å². The fourth-order valence-electron chi connectivity index (χ4n) is 2.05. The van der Waals surface area contributed by atoms with Crippen LogP contribution in [0.4, 0.5) is 5.69 Å². The first-order valence-corrected chi connectivity index (χ1v) is 6.93. The summed E-state index contributed by atoms with van der Waals surface area (Å²) in [5.41, 5.74) is 2.12. The van der Waals surface area contributed by atoms with Crippen LogP contribution in [-0.4, -0.2) is 26.2 Å². The molecule has 1 N–H and O–H groups in total. The second-order valence-corrected chi connectivity index (χ2v) is 4.69. The summed E-state index contributed by atoms with van der Waals surface area (Å²) in [6.45, 7) is 4.45. The number of hydrogen-bond donors (Lipinski definition) is 1. The van der Waals surface area contributed by atoms with E-state index < -0.39 is 0 Å². The molecule has 0 aliphatic heterocycles. The lowest BCUT2D eigenvalue weighted by molar-refractivity contribution is 0.593. The van der Waals surface area contributed by atoms with Crippen molar-refractivity contribution < 1.29 is 0 Å². The third-order valence-electron chi connectivity index (χ3n) is 3.25. The van der Waals surface area contributed by atoms with Crippen LogP contribution >= 0.6 is 0 Å². The summed E-state index contributed by atoms with van der Waals surface area (Å²) < 4.78 is 1.65. The van der Waals surface area contributed by atoms with Crippen LogP contribution in [-0.2, 0) is 0 Å². The number of rotatable bonds is 7. The van der Waals surface area contributed by atoms with Crippen molar-refractivity contribution >= 4 is 5.69 Å². The minimum Gasteiger partial charge on any atom is -0.382 e. The molecule has 0 saturated carbocycles. The monoisotopic (exact) mass is 259 g/mol. The minimum atomic E-state index is 0.554. The van der Waals surface area contributed by atoms with Crippen LogP contribution < -0.4 is 5.32 Å². The van der Waals surface area contributed by atoms with Crippen LogP contribution in [0.25, 0.3) is 5.69 Å². The Kier molecular flexibility index (Phi) is 4.89. The van der Waals surface area contributed by atoms with Gasteiger partial charge in [-0.05, 0) is 47.5 Å². The van der Waals surface area contributed by atoms with Gasteiger partial charge >= 0.3 is 0 Å². The first kappa shape index (κ1) is 13.5. The fraction of sp³-hybridized carbons (Fsp3) is 0.500. The molecule has 1 heterocycles. The quantitative estimate of drug-likeness (QED) is 0.830. The molecule has 2 rings (SSSR count). The molecule has 0 radical (unpaired) electrons. The van der Waals surface area contributed by atoms with Gasteiger partial charge in [-0.25, -0.2) is 4.68 Å². The van der Waals surface area contributed by atoms with Gasteiger partial charge in [0.1, 0.15) is 6.33 Å². The Bertz CT molecular complexity index is 463. The highest BCUT2D eigenvalue weighted by Crippen LogP contribution is 2.16. The highest BCUT2D eigenvalue weighted by Gasteiger charge is 2.05. The second kappa shape index (κ2) is 6.87. The molecular formula is C14H21N5. The van der Waals surface area contributed by atoms with Crippen molar-refractivity contribution in [3.63, 3.8) is 0 Å². The molecule has 5 nitrogen and oxygen atoms in total. The van der Waals surface area contributed by atoms with E-state index in [9.17, 15) is 0 Å². The molecule has 0 spiro atoms. The lowest BCUT2D eigenvalue weighted by Crippen LogP contribution is -2.18. The predicted octanol–water partition coefficient (Wildman–Crippen LogP) is 3.04. The van der Waals surface area contributed by atoms with Crippen LogP contribution in [0.1, 0.15) is 39.5 Å². The van der Waals surface area contributed by atoms with Crippen molar-refractivity contribution in [1.29, 1.82) is 0 Å². The molecule has 0 aliphatic rings. The number of aromatic nitrogens is 4. The summed E-state index contributed by atoms with van der Waals surface area (Å²) in [4.78, 5) is 0. The largest absolute Gasteiger partial charge is 0.382 e. The molecule has 102 valence electrons. The van der Waals surface area contributed by atoms with Gasteiger partial charge in [0.25, 0.3) is 0 Å². The van der Waals surface area contributed by atoms with Crippen molar-refractivity contribution in [2.24, 2.45) is 0 Å². The van der Waals surface area contributed by atoms with Crippen LogP contribution in [0.15, 0.2) is 30.6 Å². The SMILES string of the molecule is CCCCC(CC)Nc1ccc(-n2cnnn2)cc1. The Balaban J connectivity index is 1.98. The van der Waals surface area contributed by atoms with Gasteiger partial charge in [-0.15, -0.1) is 5.10 Å². The Hall–Kier alpha value is -1.91. The van der Waals surface area contributed by atoms with E-state index in [4.69, 9.17) is 0 Å². The molecular weight excluding hydrogens is 238 g/mol. The van der Waals surface area contributed by atoms with Gasteiger partial charge < -0.3 is 5.32 Å². The topological polar surface area (TPSA) is 55.6 Å². The van der Waals surface area contributed by atoms with Gasteiger partial charge in [-0.2, -0.15) is 0 Å². The van der Waals surface area contributed by atoms with Crippen LogP contribution in [0.2, 0.25) is 0 Å². The third kappa shape index (κ3) is 3.77. The highest BCUT2D eigenvalue weighted by molar-refractivity contribution is 5.48. The number of nitrogens with zero attached hydrogens (tertiary/aromatic N) is 4. The van der Waals surface area contributed by atoms with Gasteiger partial charge in [-0.3, -0.25) is 0 Å². The zero-order valence-corrected chi connectivity index (χ0v) is 11.6. The average molecular weight is 259 g/mol. The molecule has 2 aromatic rings. The molecule has 1 unspecified atom stereocenters. The minimum absolute atomic E-state index is 0.554. The molecule has 0 amide bonds. The van der Waals surface area contributed by atoms with Gasteiger partial charge in [0, 0.05) is 11.7 Å². The maximum Gasteiger partial charge on any atom is 0.143 e. The zero-order chi connectivity index (χ0) is 13.5. The molecule has 1 atom stereocenters. The normalized spacial score (nSPS) is 12.3. The van der Waals surface area contributed by atoms with Gasteiger partial charge in [0.05, 0.1) is 5.69 Å². The predicted molar refractivity (Wildman–Crippen MR) is 76.4 cm³/mol. The first-order valence-electron chi connectivity index (χ1n) is 6.93. The number of nitrogens with one attached hydrogen (secondary N) is 1. The Morgan fingerprint density at radius 3 is 2.58 bits per heavy atom. The number of tetrazole rings is 1. The van der Waals surface area contributed by atoms with Crippen LogP contribution in [0.3, 0.4) is 0 Å². The van der Waals surface area contributed by atoms with E-state index in [1.807, 2.05) is 12.1 Å². The van der Waals surface area contributed by atoms with E-state index in [-0.39, 0.29) is 0 Å². The Morgan fingerprint density at radius 2 is 2.00 bits per heavy atom. The molecule has 5 heteroatoms. The second-order valence-electron chi connectivity index (χ2n) is 4.69. The summed E-state index contributed by atoms with van der Waals surface area (Å²) in [7, 11) is 0. The van der Waals surface area contributed by atoms with Crippen molar-refractivity contribution in [2.45, 2.75) is 45.6 Å². The number of anilines is 1. The van der Waals surface area contributed by atoms with Gasteiger partial charge in [0.2, 0.25) is 0 Å². The lowest BCUT2D eigenvalue weighted by atomic mass is 10.1. The molecule has 1 aromatic heterocycles.